The van der Waals surface area contributed by atoms with Crippen LogP contribution in [0.4, 0.5) is 0 Å². The molecule has 4 saturated carbocycles. The summed E-state index contributed by atoms with van der Waals surface area (Å²) in [4.78, 5) is 27.3. The summed E-state index contributed by atoms with van der Waals surface area (Å²) in [5.41, 5.74) is -3.77. The van der Waals surface area contributed by atoms with Crippen LogP contribution >= 0.6 is 0 Å². The van der Waals surface area contributed by atoms with Crippen LogP contribution in [-0.4, -0.2) is 97.2 Å². The largest absolute Gasteiger partial charge is 0.458 e. The van der Waals surface area contributed by atoms with Gasteiger partial charge in [0.05, 0.1) is 29.6 Å². The van der Waals surface area contributed by atoms with E-state index in [1.807, 2.05) is 0 Å². The van der Waals surface area contributed by atoms with E-state index in [2.05, 4.69) is 6.58 Å². The molecular weight excluding hydrogens is 476 g/mol. The van der Waals surface area contributed by atoms with Crippen LogP contribution in [0.2, 0.25) is 0 Å². The van der Waals surface area contributed by atoms with E-state index in [0.29, 0.717) is 37.7 Å². The molecule has 0 aromatic heterocycles. The van der Waals surface area contributed by atoms with Crippen LogP contribution in [-0.2, 0) is 23.8 Å². The molecule has 0 aromatic carbocycles. The summed E-state index contributed by atoms with van der Waals surface area (Å²) < 4.78 is 17.2. The number of ether oxygens (including phenoxy) is 3. The van der Waals surface area contributed by atoms with Crippen molar-refractivity contribution in [3.8, 4) is 0 Å². The van der Waals surface area contributed by atoms with E-state index in [-0.39, 0.29) is 12.3 Å². The Morgan fingerprint density at radius 3 is 2.56 bits per heavy atom. The highest BCUT2D eigenvalue weighted by molar-refractivity contribution is 5.86. The second-order valence-electron chi connectivity index (χ2n) is 12.1. The van der Waals surface area contributed by atoms with E-state index in [4.69, 9.17) is 14.2 Å². The number of carbonyl (C=O) groups is 2. The summed E-state index contributed by atoms with van der Waals surface area (Å²) in [6.45, 7) is 5.03. The Labute approximate surface area is 207 Å². The van der Waals surface area contributed by atoms with Crippen LogP contribution < -0.4 is 0 Å². The fraction of sp³-hybridized carbons (Fsp3) is 0.840. The van der Waals surface area contributed by atoms with Gasteiger partial charge in [0.15, 0.2) is 0 Å². The molecule has 11 heteroatoms. The first-order valence-corrected chi connectivity index (χ1v) is 12.7. The van der Waals surface area contributed by atoms with E-state index >= 15 is 0 Å². The van der Waals surface area contributed by atoms with E-state index in [1.165, 1.54) is 0 Å². The van der Waals surface area contributed by atoms with Crippen molar-refractivity contribution in [3.05, 3.63) is 12.2 Å². The average Bonchev–Trinajstić information content (AvgIpc) is 3.26. The van der Waals surface area contributed by atoms with Crippen LogP contribution in [0.3, 0.4) is 0 Å². The first-order chi connectivity index (χ1) is 16.9. The molecule has 6 aliphatic rings. The third kappa shape index (κ3) is 2.72. The summed E-state index contributed by atoms with van der Waals surface area (Å²) in [6.07, 6.45) is -6.88. The van der Waals surface area contributed by atoms with Crippen molar-refractivity contribution in [2.75, 3.05) is 6.61 Å². The van der Waals surface area contributed by atoms with E-state index in [9.17, 15) is 40.2 Å². The lowest BCUT2D eigenvalue weighted by molar-refractivity contribution is -0.295. The predicted molar refractivity (Wildman–Crippen MR) is 117 cm³/mol. The quantitative estimate of drug-likeness (QED) is 0.192. The molecule has 2 heterocycles. The molecule has 4 aliphatic carbocycles. The number of aliphatic hydroxyl groups is 6. The van der Waals surface area contributed by atoms with Crippen LogP contribution in [0.25, 0.3) is 0 Å². The third-order valence-corrected chi connectivity index (χ3v) is 10.6. The maximum absolute atomic E-state index is 14.0. The standard InChI is InChI=1S/C25H34O11/c1-10-7-23-9-24(10,33)5-3-12(23)25-6-4-13(27)22(2,21(32)36-25)18(25)14(23)19(31)35-20-17(30)16(29)15(28)11(8-26)34-20/h11-18,20,26-30,33H,1,3-9H2,2H3/t11-,12-,13+,14-,15-,16+,17-,18-,20+,22-,23+,24+,25-/m1/s1. The maximum Gasteiger partial charge on any atom is 0.315 e. The van der Waals surface area contributed by atoms with Gasteiger partial charge in [-0.2, -0.15) is 0 Å². The minimum absolute atomic E-state index is 0.236. The zero-order chi connectivity index (χ0) is 26.0. The van der Waals surface area contributed by atoms with Gasteiger partial charge in [0, 0.05) is 11.8 Å². The van der Waals surface area contributed by atoms with Crippen molar-refractivity contribution >= 4 is 11.9 Å². The molecule has 1 spiro atoms. The number of rotatable bonds is 3. The molecule has 0 aromatic rings. The summed E-state index contributed by atoms with van der Waals surface area (Å²) in [5.74, 6) is -3.37. The predicted octanol–water partition coefficient (Wildman–Crippen LogP) is -1.49. The highest BCUT2D eigenvalue weighted by Crippen LogP contribution is 2.78. The smallest absolute Gasteiger partial charge is 0.315 e. The third-order valence-electron chi connectivity index (χ3n) is 10.6. The summed E-state index contributed by atoms with van der Waals surface area (Å²) in [5, 5.41) is 62.6. The zero-order valence-electron chi connectivity index (χ0n) is 20.1. The molecule has 0 radical (unpaired) electrons. The Kier molecular flexibility index (Phi) is 5.15. The number of hydrogen-bond donors (Lipinski definition) is 6. The second-order valence-corrected chi connectivity index (χ2v) is 12.1. The van der Waals surface area contributed by atoms with Crippen molar-refractivity contribution in [1.29, 1.82) is 0 Å². The summed E-state index contributed by atoms with van der Waals surface area (Å²) >= 11 is 0. The van der Waals surface area contributed by atoms with Crippen molar-refractivity contribution < 1.29 is 54.4 Å². The monoisotopic (exact) mass is 510 g/mol. The Balaban J connectivity index is 1.42. The molecular formula is C25H34O11. The lowest BCUT2D eigenvalue weighted by atomic mass is 9.59. The molecule has 0 amide bonds. The van der Waals surface area contributed by atoms with Crippen molar-refractivity contribution in [3.63, 3.8) is 0 Å². The van der Waals surface area contributed by atoms with Crippen molar-refractivity contribution in [2.24, 2.45) is 28.6 Å². The zero-order valence-corrected chi connectivity index (χ0v) is 20.1. The van der Waals surface area contributed by atoms with Gasteiger partial charge in [-0.3, -0.25) is 9.59 Å². The molecule has 11 nitrogen and oxygen atoms in total. The lowest BCUT2D eigenvalue weighted by Gasteiger charge is -2.45. The Bertz CT molecular complexity index is 1010. The number of aliphatic hydroxyl groups excluding tert-OH is 5. The molecule has 6 N–H and O–H groups in total. The second kappa shape index (κ2) is 7.49. The fourth-order valence-corrected chi connectivity index (χ4v) is 8.98. The maximum atomic E-state index is 14.0. The number of fused-ring (bicyclic) bond motifs is 1. The number of esters is 2. The number of hydrogen-bond acceptors (Lipinski definition) is 11. The molecule has 6 rings (SSSR count). The SMILES string of the molecule is C=C1C[C@]23C[C@@]1(O)CC[C@H]2[C@@]12CC[C@H](O)[C@@](C)(C(=O)O1)[C@H]2[C@@H]3C(=O)O[C@@H]1O[C@H](CO)[C@@H](O)[C@H](O)[C@H]1O. The Morgan fingerprint density at radius 1 is 1.14 bits per heavy atom. The fourth-order valence-electron chi connectivity index (χ4n) is 8.98. The minimum Gasteiger partial charge on any atom is -0.458 e. The lowest BCUT2D eigenvalue weighted by Crippen LogP contribution is -2.60. The molecule has 200 valence electrons. The van der Waals surface area contributed by atoms with Gasteiger partial charge in [-0.25, -0.2) is 0 Å². The van der Waals surface area contributed by atoms with Gasteiger partial charge in [-0.05, 0) is 56.4 Å². The highest BCUT2D eigenvalue weighted by atomic mass is 16.7. The Morgan fingerprint density at radius 2 is 1.86 bits per heavy atom. The van der Waals surface area contributed by atoms with Crippen LogP contribution in [0.1, 0.15) is 45.4 Å². The molecule has 2 aliphatic heterocycles. The molecule has 4 bridgehead atoms. The van der Waals surface area contributed by atoms with Crippen molar-refractivity contribution in [1.82, 2.24) is 0 Å². The van der Waals surface area contributed by atoms with Gasteiger partial charge >= 0.3 is 11.9 Å². The molecule has 36 heavy (non-hydrogen) atoms. The summed E-state index contributed by atoms with van der Waals surface area (Å²) in [7, 11) is 0. The van der Waals surface area contributed by atoms with Crippen LogP contribution in [0.5, 0.6) is 0 Å². The van der Waals surface area contributed by atoms with Gasteiger partial charge in [-0.1, -0.05) is 6.58 Å². The van der Waals surface area contributed by atoms with Gasteiger partial charge in [0.2, 0.25) is 6.29 Å². The van der Waals surface area contributed by atoms with E-state index in [1.54, 1.807) is 6.92 Å². The molecule has 6 fully saturated rings. The number of carbonyl (C=O) groups excluding carboxylic acids is 2. The topological polar surface area (TPSA) is 183 Å². The van der Waals surface area contributed by atoms with Gasteiger partial charge in [0.25, 0.3) is 0 Å². The molecule has 2 saturated heterocycles. The van der Waals surface area contributed by atoms with Gasteiger partial charge < -0.3 is 44.8 Å². The highest BCUT2D eigenvalue weighted by Gasteiger charge is 2.84. The van der Waals surface area contributed by atoms with E-state index < -0.39 is 89.2 Å². The van der Waals surface area contributed by atoms with Crippen LogP contribution in [0, 0.1) is 28.6 Å². The summed E-state index contributed by atoms with van der Waals surface area (Å²) in [6, 6.07) is 0. The van der Waals surface area contributed by atoms with E-state index in [0.717, 1.165) is 0 Å². The average molecular weight is 511 g/mol. The first kappa shape index (κ1) is 24.7. The van der Waals surface area contributed by atoms with Crippen molar-refractivity contribution in [2.45, 2.75) is 93.5 Å². The van der Waals surface area contributed by atoms with Gasteiger partial charge in [0.1, 0.15) is 30.0 Å². The van der Waals surface area contributed by atoms with Crippen LogP contribution in [0.15, 0.2) is 12.2 Å². The first-order valence-electron chi connectivity index (χ1n) is 12.7. The van der Waals surface area contributed by atoms with Gasteiger partial charge in [-0.15, -0.1) is 0 Å². The molecule has 13 atom stereocenters. The minimum atomic E-state index is -1.78. The molecule has 0 unspecified atom stereocenters. The normalized spacial score (nSPS) is 57.2. The Hall–Kier alpha value is -1.60.